The number of methoxy groups -OCH3 is 1. The Morgan fingerprint density at radius 3 is 2.80 bits per heavy atom. The summed E-state index contributed by atoms with van der Waals surface area (Å²) in [5.74, 6) is 0.676. The minimum absolute atomic E-state index is 0.0837. The minimum atomic E-state index is -0.450. The van der Waals surface area contributed by atoms with E-state index < -0.39 is 5.54 Å². The van der Waals surface area contributed by atoms with Gasteiger partial charge in [0.15, 0.2) is 0 Å². The van der Waals surface area contributed by atoms with Gasteiger partial charge in [0.25, 0.3) is 0 Å². The molecule has 116 valence electrons. The number of nitrogens with zero attached hydrogens (tertiary/aromatic N) is 1. The van der Waals surface area contributed by atoms with Gasteiger partial charge < -0.3 is 10.1 Å². The SMILES string of the molecule is CCNC1(C(=O)OC)CCC(N2CCCC(C)C2C)C1. The van der Waals surface area contributed by atoms with Crippen LogP contribution in [0.4, 0.5) is 0 Å². The van der Waals surface area contributed by atoms with E-state index in [9.17, 15) is 4.79 Å². The van der Waals surface area contributed by atoms with E-state index in [1.165, 1.54) is 26.5 Å². The molecule has 1 N–H and O–H groups in total. The molecule has 0 aromatic rings. The summed E-state index contributed by atoms with van der Waals surface area (Å²) in [6.07, 6.45) is 5.51. The molecule has 0 spiro atoms. The molecule has 0 amide bonds. The average Bonchev–Trinajstić information content (AvgIpc) is 2.86. The molecule has 1 aliphatic carbocycles. The fourth-order valence-corrected chi connectivity index (χ4v) is 4.14. The van der Waals surface area contributed by atoms with Crippen molar-refractivity contribution in [2.45, 2.75) is 70.5 Å². The van der Waals surface area contributed by atoms with Crippen LogP contribution < -0.4 is 5.32 Å². The highest BCUT2D eigenvalue weighted by Crippen LogP contribution is 2.37. The number of nitrogens with one attached hydrogen (secondary N) is 1. The standard InChI is InChI=1S/C16H30N2O2/c1-5-17-16(15(19)20-4)9-8-14(11-16)18-10-6-7-12(2)13(18)3/h12-14,17H,5-11H2,1-4H3. The van der Waals surface area contributed by atoms with Crippen LogP contribution in [0.25, 0.3) is 0 Å². The highest BCUT2D eigenvalue weighted by atomic mass is 16.5. The van der Waals surface area contributed by atoms with Gasteiger partial charge in [-0.15, -0.1) is 0 Å². The molecule has 0 aromatic heterocycles. The zero-order valence-electron chi connectivity index (χ0n) is 13.4. The van der Waals surface area contributed by atoms with Crippen LogP contribution in [0.5, 0.6) is 0 Å². The molecule has 1 saturated carbocycles. The summed E-state index contributed by atoms with van der Waals surface area (Å²) in [5, 5.41) is 3.40. The van der Waals surface area contributed by atoms with E-state index in [2.05, 4.69) is 31.0 Å². The van der Waals surface area contributed by atoms with Crippen LogP contribution in [0, 0.1) is 5.92 Å². The molecule has 2 fully saturated rings. The van der Waals surface area contributed by atoms with Gasteiger partial charge in [-0.05, 0) is 58.0 Å². The van der Waals surface area contributed by atoms with Crippen molar-refractivity contribution in [1.29, 1.82) is 0 Å². The lowest BCUT2D eigenvalue weighted by atomic mass is 9.90. The van der Waals surface area contributed by atoms with E-state index in [0.717, 1.165) is 31.7 Å². The smallest absolute Gasteiger partial charge is 0.326 e. The first-order chi connectivity index (χ1) is 9.54. The van der Waals surface area contributed by atoms with Crippen LogP contribution in [-0.4, -0.2) is 48.7 Å². The van der Waals surface area contributed by atoms with Crippen LogP contribution >= 0.6 is 0 Å². The lowest BCUT2D eigenvalue weighted by Crippen LogP contribution is -2.53. The number of rotatable bonds is 4. The molecule has 1 heterocycles. The summed E-state index contributed by atoms with van der Waals surface area (Å²) in [6, 6.07) is 1.15. The largest absolute Gasteiger partial charge is 0.468 e. The zero-order valence-corrected chi connectivity index (χ0v) is 13.4. The molecule has 4 heteroatoms. The predicted molar refractivity (Wildman–Crippen MR) is 80.6 cm³/mol. The van der Waals surface area contributed by atoms with E-state index >= 15 is 0 Å². The molecular weight excluding hydrogens is 252 g/mol. The summed E-state index contributed by atoms with van der Waals surface area (Å²) in [4.78, 5) is 14.8. The fraction of sp³-hybridized carbons (Fsp3) is 0.938. The van der Waals surface area contributed by atoms with Crippen LogP contribution in [0.3, 0.4) is 0 Å². The summed E-state index contributed by atoms with van der Waals surface area (Å²) >= 11 is 0. The molecule has 20 heavy (non-hydrogen) atoms. The first kappa shape index (κ1) is 15.8. The van der Waals surface area contributed by atoms with Crippen LogP contribution in [0.2, 0.25) is 0 Å². The topological polar surface area (TPSA) is 41.6 Å². The second-order valence-electron chi connectivity index (χ2n) is 6.60. The molecular formula is C16H30N2O2. The predicted octanol–water partition coefficient (Wildman–Crippen LogP) is 2.18. The van der Waals surface area contributed by atoms with Gasteiger partial charge in [-0.3, -0.25) is 9.69 Å². The summed E-state index contributed by atoms with van der Waals surface area (Å²) in [5.41, 5.74) is -0.450. The Hall–Kier alpha value is -0.610. The monoisotopic (exact) mass is 282 g/mol. The Balaban J connectivity index is 2.07. The van der Waals surface area contributed by atoms with Crippen molar-refractivity contribution < 1.29 is 9.53 Å². The van der Waals surface area contributed by atoms with Crippen LogP contribution in [0.15, 0.2) is 0 Å². The number of carbonyl (C=O) groups is 1. The lowest BCUT2D eigenvalue weighted by Gasteiger charge is -2.42. The summed E-state index contributed by atoms with van der Waals surface area (Å²) < 4.78 is 5.05. The van der Waals surface area contributed by atoms with Crippen molar-refractivity contribution in [2.75, 3.05) is 20.2 Å². The molecule has 0 bridgehead atoms. The molecule has 1 saturated heterocycles. The molecule has 2 aliphatic rings. The zero-order chi connectivity index (χ0) is 14.8. The molecule has 4 nitrogen and oxygen atoms in total. The fourth-order valence-electron chi connectivity index (χ4n) is 4.14. The number of esters is 1. The number of carbonyl (C=O) groups excluding carboxylic acids is 1. The van der Waals surface area contributed by atoms with E-state index in [1.807, 2.05) is 0 Å². The van der Waals surface area contributed by atoms with Crippen LogP contribution in [0.1, 0.15) is 52.9 Å². The van der Waals surface area contributed by atoms with Gasteiger partial charge in [-0.1, -0.05) is 13.8 Å². The van der Waals surface area contributed by atoms with Crippen molar-refractivity contribution in [2.24, 2.45) is 5.92 Å². The van der Waals surface area contributed by atoms with E-state index in [4.69, 9.17) is 4.74 Å². The summed E-state index contributed by atoms with van der Waals surface area (Å²) in [7, 11) is 1.50. The van der Waals surface area contributed by atoms with Gasteiger partial charge in [0, 0.05) is 12.1 Å². The maximum Gasteiger partial charge on any atom is 0.326 e. The quantitative estimate of drug-likeness (QED) is 0.803. The number of piperidine rings is 1. The molecule has 1 aliphatic heterocycles. The van der Waals surface area contributed by atoms with Crippen molar-refractivity contribution in [3.05, 3.63) is 0 Å². The van der Waals surface area contributed by atoms with E-state index in [-0.39, 0.29) is 5.97 Å². The number of hydrogen-bond acceptors (Lipinski definition) is 4. The molecule has 0 radical (unpaired) electrons. The Morgan fingerprint density at radius 1 is 1.40 bits per heavy atom. The first-order valence-electron chi connectivity index (χ1n) is 8.13. The normalized spacial score (nSPS) is 38.9. The maximum atomic E-state index is 12.2. The third-order valence-corrected chi connectivity index (χ3v) is 5.47. The maximum absolute atomic E-state index is 12.2. The Morgan fingerprint density at radius 2 is 2.15 bits per heavy atom. The Labute approximate surface area is 123 Å². The summed E-state index contributed by atoms with van der Waals surface area (Å²) in [6.45, 7) is 8.75. The number of likely N-dealkylation sites (N-methyl/N-ethyl adjacent to an activating group) is 1. The lowest BCUT2D eigenvalue weighted by molar-refractivity contribution is -0.148. The van der Waals surface area contributed by atoms with E-state index in [1.54, 1.807) is 0 Å². The first-order valence-corrected chi connectivity index (χ1v) is 8.13. The third kappa shape index (κ3) is 2.86. The Bertz CT molecular complexity index is 347. The van der Waals surface area contributed by atoms with Gasteiger partial charge in [0.2, 0.25) is 0 Å². The highest BCUT2D eigenvalue weighted by Gasteiger charge is 2.48. The van der Waals surface area contributed by atoms with Crippen molar-refractivity contribution in [3.8, 4) is 0 Å². The molecule has 0 aromatic carbocycles. The number of hydrogen-bond donors (Lipinski definition) is 1. The number of likely N-dealkylation sites (tertiary alicyclic amines) is 1. The number of ether oxygens (including phenoxy) is 1. The average molecular weight is 282 g/mol. The van der Waals surface area contributed by atoms with E-state index in [0.29, 0.717) is 12.1 Å². The second kappa shape index (κ2) is 6.44. The van der Waals surface area contributed by atoms with Gasteiger partial charge in [0.05, 0.1) is 7.11 Å². The third-order valence-electron chi connectivity index (χ3n) is 5.47. The molecule has 2 rings (SSSR count). The van der Waals surface area contributed by atoms with Gasteiger partial charge in [-0.25, -0.2) is 0 Å². The van der Waals surface area contributed by atoms with Gasteiger partial charge in [-0.2, -0.15) is 0 Å². The molecule has 4 atom stereocenters. The minimum Gasteiger partial charge on any atom is -0.468 e. The molecule has 4 unspecified atom stereocenters. The Kier molecular flexibility index (Phi) is 5.08. The second-order valence-corrected chi connectivity index (χ2v) is 6.60. The highest BCUT2D eigenvalue weighted by molar-refractivity contribution is 5.81. The van der Waals surface area contributed by atoms with Gasteiger partial charge in [0.1, 0.15) is 5.54 Å². The van der Waals surface area contributed by atoms with Crippen molar-refractivity contribution in [1.82, 2.24) is 10.2 Å². The van der Waals surface area contributed by atoms with Crippen molar-refractivity contribution in [3.63, 3.8) is 0 Å². The van der Waals surface area contributed by atoms with Crippen LogP contribution in [-0.2, 0) is 9.53 Å². The van der Waals surface area contributed by atoms with Crippen molar-refractivity contribution >= 4 is 5.97 Å². The van der Waals surface area contributed by atoms with Gasteiger partial charge >= 0.3 is 5.97 Å².